The Morgan fingerprint density at radius 3 is 2.53 bits per heavy atom. The van der Waals surface area contributed by atoms with Crippen molar-refractivity contribution in [3.05, 3.63) is 0 Å². The van der Waals surface area contributed by atoms with Gasteiger partial charge in [0.15, 0.2) is 0 Å². The fraction of sp³-hybridized carbons (Fsp3) is 0.818. The lowest BCUT2D eigenvalue weighted by molar-refractivity contribution is -0.139. The van der Waals surface area contributed by atoms with Crippen molar-refractivity contribution in [3.8, 4) is 0 Å². The van der Waals surface area contributed by atoms with Crippen LogP contribution in [0.15, 0.2) is 0 Å². The van der Waals surface area contributed by atoms with Crippen molar-refractivity contribution in [2.45, 2.75) is 44.7 Å². The first kappa shape index (κ1) is 13.8. The van der Waals surface area contributed by atoms with E-state index in [1.54, 1.807) is 0 Å². The molecule has 6 heteroatoms. The Kier molecular flexibility index (Phi) is 5.21. The molecule has 0 saturated heterocycles. The summed E-state index contributed by atoms with van der Waals surface area (Å²) in [6.45, 7) is 2.03. The zero-order valence-corrected chi connectivity index (χ0v) is 10.1. The number of aliphatic carboxylic acids is 1. The number of hydrogen-bond donors (Lipinski definition) is 3. The maximum Gasteiger partial charge on any atom is 0.326 e. The molecular formula is C11H20N2O4. The maximum absolute atomic E-state index is 11.8. The lowest BCUT2D eigenvalue weighted by Crippen LogP contribution is -2.49. The number of carboxylic acid groups (broad SMARTS) is 1. The molecule has 0 bridgehead atoms. The highest BCUT2D eigenvalue weighted by Crippen LogP contribution is 2.26. The van der Waals surface area contributed by atoms with Crippen molar-refractivity contribution < 1.29 is 19.8 Å². The topological polar surface area (TPSA) is 89.9 Å². The molecule has 1 atom stereocenters. The number of nitrogens with one attached hydrogen (secondary N) is 1. The van der Waals surface area contributed by atoms with E-state index in [0.29, 0.717) is 12.8 Å². The van der Waals surface area contributed by atoms with Gasteiger partial charge >= 0.3 is 12.0 Å². The molecule has 0 heterocycles. The van der Waals surface area contributed by atoms with Gasteiger partial charge in [0.1, 0.15) is 6.04 Å². The zero-order valence-electron chi connectivity index (χ0n) is 10.1. The van der Waals surface area contributed by atoms with Gasteiger partial charge in [0.25, 0.3) is 0 Å². The van der Waals surface area contributed by atoms with Crippen LogP contribution >= 0.6 is 0 Å². The Morgan fingerprint density at radius 1 is 1.47 bits per heavy atom. The van der Waals surface area contributed by atoms with Crippen LogP contribution in [0.25, 0.3) is 0 Å². The fourth-order valence-electron chi connectivity index (χ4n) is 1.72. The number of aliphatic hydroxyl groups is 1. The average Bonchev–Trinajstić information content (AvgIpc) is 3.08. The lowest BCUT2D eigenvalue weighted by Gasteiger charge is -2.24. The molecule has 6 nitrogen and oxygen atoms in total. The van der Waals surface area contributed by atoms with Crippen LogP contribution in [-0.4, -0.2) is 52.3 Å². The summed E-state index contributed by atoms with van der Waals surface area (Å²) in [5.41, 5.74) is 0. The summed E-state index contributed by atoms with van der Waals surface area (Å²) in [4.78, 5) is 24.3. The highest BCUT2D eigenvalue weighted by molar-refractivity contribution is 5.82. The molecule has 3 N–H and O–H groups in total. The van der Waals surface area contributed by atoms with Crippen molar-refractivity contribution in [1.82, 2.24) is 10.2 Å². The third-order valence-electron chi connectivity index (χ3n) is 2.76. The molecule has 98 valence electrons. The minimum Gasteiger partial charge on any atom is -0.480 e. The Bertz CT molecular complexity index is 279. The molecule has 0 aromatic rings. The number of amides is 2. The van der Waals surface area contributed by atoms with Crippen LogP contribution in [0.4, 0.5) is 4.79 Å². The minimum absolute atomic E-state index is 0.102. The highest BCUT2D eigenvalue weighted by Gasteiger charge is 2.33. The molecule has 1 saturated carbocycles. The van der Waals surface area contributed by atoms with Gasteiger partial charge in [-0.1, -0.05) is 13.3 Å². The Hall–Kier alpha value is -1.30. The van der Waals surface area contributed by atoms with E-state index >= 15 is 0 Å². The first-order valence-corrected chi connectivity index (χ1v) is 6.01. The van der Waals surface area contributed by atoms with Gasteiger partial charge in [0.2, 0.25) is 0 Å². The van der Waals surface area contributed by atoms with Gasteiger partial charge < -0.3 is 20.4 Å². The van der Waals surface area contributed by atoms with Crippen molar-refractivity contribution in [3.63, 3.8) is 0 Å². The summed E-state index contributed by atoms with van der Waals surface area (Å²) in [6, 6.07) is -1.06. The molecule has 0 aromatic heterocycles. The number of carboxylic acids is 1. The molecule has 1 aliphatic carbocycles. The predicted molar refractivity (Wildman–Crippen MR) is 61.7 cm³/mol. The van der Waals surface area contributed by atoms with Crippen LogP contribution in [0.3, 0.4) is 0 Å². The van der Waals surface area contributed by atoms with Gasteiger partial charge in [-0.2, -0.15) is 0 Å². The van der Waals surface area contributed by atoms with Crippen molar-refractivity contribution in [1.29, 1.82) is 0 Å². The molecule has 0 spiro atoms. The number of aliphatic hydroxyl groups excluding tert-OH is 1. The number of rotatable bonds is 7. The first-order valence-electron chi connectivity index (χ1n) is 6.01. The maximum atomic E-state index is 11.8. The van der Waals surface area contributed by atoms with E-state index in [2.05, 4.69) is 5.32 Å². The van der Waals surface area contributed by atoms with E-state index in [9.17, 15) is 9.59 Å². The molecule has 2 amide bonds. The molecule has 0 aliphatic heterocycles. The summed E-state index contributed by atoms with van der Waals surface area (Å²) in [6.07, 6.45) is 2.97. The number of carbonyl (C=O) groups excluding carboxylic acids is 1. The van der Waals surface area contributed by atoms with Crippen LogP contribution in [0.1, 0.15) is 32.6 Å². The summed E-state index contributed by atoms with van der Waals surface area (Å²) >= 11 is 0. The van der Waals surface area contributed by atoms with E-state index in [4.69, 9.17) is 10.2 Å². The largest absolute Gasteiger partial charge is 0.480 e. The summed E-state index contributed by atoms with van der Waals surface area (Å²) in [7, 11) is 0. The Balaban J connectivity index is 2.51. The highest BCUT2D eigenvalue weighted by atomic mass is 16.4. The van der Waals surface area contributed by atoms with Crippen LogP contribution in [0.2, 0.25) is 0 Å². The lowest BCUT2D eigenvalue weighted by atomic mass is 10.2. The summed E-state index contributed by atoms with van der Waals surface area (Å²) in [5, 5.41) is 20.3. The van der Waals surface area contributed by atoms with Gasteiger partial charge in [0.05, 0.1) is 6.61 Å². The average molecular weight is 244 g/mol. The van der Waals surface area contributed by atoms with Gasteiger partial charge in [0, 0.05) is 12.6 Å². The van der Waals surface area contributed by atoms with Crippen LogP contribution in [0.5, 0.6) is 0 Å². The molecule has 1 fully saturated rings. The first-order chi connectivity index (χ1) is 8.10. The second kappa shape index (κ2) is 6.44. The quantitative estimate of drug-likeness (QED) is 0.605. The molecular weight excluding hydrogens is 224 g/mol. The van der Waals surface area contributed by atoms with Crippen LogP contribution in [0, 0.1) is 0 Å². The number of hydrogen-bond acceptors (Lipinski definition) is 3. The van der Waals surface area contributed by atoms with Gasteiger partial charge in [-0.25, -0.2) is 9.59 Å². The van der Waals surface area contributed by atoms with Gasteiger partial charge in [-0.15, -0.1) is 0 Å². The third-order valence-corrected chi connectivity index (χ3v) is 2.76. The second-order valence-corrected chi connectivity index (χ2v) is 4.28. The SMILES string of the molecule is CCC[C@H](NC(=O)N(CCO)C1CC1)C(=O)O. The molecule has 1 rings (SSSR count). The normalized spacial score (nSPS) is 16.4. The molecule has 17 heavy (non-hydrogen) atoms. The molecule has 1 aliphatic rings. The van der Waals surface area contributed by atoms with E-state index in [1.807, 2.05) is 6.92 Å². The smallest absolute Gasteiger partial charge is 0.326 e. The number of nitrogens with zero attached hydrogens (tertiary/aromatic N) is 1. The fourth-order valence-corrected chi connectivity index (χ4v) is 1.72. The number of urea groups is 1. The Labute approximate surface area is 101 Å². The monoisotopic (exact) mass is 244 g/mol. The van der Waals surface area contributed by atoms with Crippen LogP contribution in [-0.2, 0) is 4.79 Å². The Morgan fingerprint density at radius 2 is 2.12 bits per heavy atom. The molecule has 0 unspecified atom stereocenters. The summed E-state index contributed by atoms with van der Waals surface area (Å²) in [5.74, 6) is -1.01. The van der Waals surface area contributed by atoms with E-state index in [1.165, 1.54) is 4.90 Å². The van der Waals surface area contributed by atoms with E-state index < -0.39 is 12.0 Å². The third kappa shape index (κ3) is 4.22. The summed E-state index contributed by atoms with van der Waals surface area (Å²) < 4.78 is 0. The van der Waals surface area contributed by atoms with Gasteiger partial charge in [-0.05, 0) is 19.3 Å². The van der Waals surface area contributed by atoms with Gasteiger partial charge in [-0.3, -0.25) is 0 Å². The van der Waals surface area contributed by atoms with Crippen molar-refractivity contribution in [2.75, 3.05) is 13.2 Å². The predicted octanol–water partition coefficient (Wildman–Crippen LogP) is 0.406. The van der Waals surface area contributed by atoms with Crippen molar-refractivity contribution >= 4 is 12.0 Å². The second-order valence-electron chi connectivity index (χ2n) is 4.28. The van der Waals surface area contributed by atoms with Crippen LogP contribution < -0.4 is 5.32 Å². The van der Waals surface area contributed by atoms with Crippen molar-refractivity contribution in [2.24, 2.45) is 0 Å². The number of carbonyl (C=O) groups is 2. The van der Waals surface area contributed by atoms with E-state index in [0.717, 1.165) is 12.8 Å². The van der Waals surface area contributed by atoms with E-state index in [-0.39, 0.29) is 25.2 Å². The molecule has 0 radical (unpaired) electrons. The zero-order chi connectivity index (χ0) is 12.8. The molecule has 0 aromatic carbocycles. The standard InChI is InChI=1S/C11H20N2O4/c1-2-3-9(10(15)16)12-11(17)13(6-7-14)8-4-5-8/h8-9,14H,2-7H2,1H3,(H,12,17)(H,15,16)/t9-/m0/s1. The minimum atomic E-state index is -1.01.